The Labute approximate surface area is 122 Å². The number of nitrogens with one attached hydrogen (secondary N) is 2. The first kappa shape index (κ1) is 13.6. The van der Waals surface area contributed by atoms with Crippen LogP contribution in [0.1, 0.15) is 29.3 Å². The molecule has 2 atom stereocenters. The fourth-order valence-electron chi connectivity index (χ4n) is 2.72. The van der Waals surface area contributed by atoms with Crippen LogP contribution >= 0.6 is 0 Å². The van der Waals surface area contributed by atoms with Crippen LogP contribution in [0.4, 0.5) is 5.82 Å². The van der Waals surface area contributed by atoms with Crippen molar-refractivity contribution in [3.63, 3.8) is 0 Å². The first-order valence-corrected chi connectivity index (χ1v) is 6.98. The summed E-state index contributed by atoms with van der Waals surface area (Å²) < 4.78 is 7.61. The highest BCUT2D eigenvalue weighted by Crippen LogP contribution is 2.34. The first-order chi connectivity index (χ1) is 10.2. The quantitative estimate of drug-likeness (QED) is 0.889. The molecule has 7 heteroatoms. The lowest BCUT2D eigenvalue weighted by molar-refractivity contribution is 0.0932. The fourth-order valence-corrected chi connectivity index (χ4v) is 2.72. The topological polar surface area (TPSA) is 91.5 Å². The molecule has 2 N–H and O–H groups in total. The molecule has 7 nitrogen and oxygen atoms in total. The zero-order chi connectivity index (χ0) is 14.8. The Morgan fingerprint density at radius 2 is 2.48 bits per heavy atom. The van der Waals surface area contributed by atoms with Crippen LogP contribution in [0.2, 0.25) is 0 Å². The van der Waals surface area contributed by atoms with Crippen molar-refractivity contribution in [2.75, 3.05) is 18.5 Å². The molecule has 1 aliphatic rings. The van der Waals surface area contributed by atoms with E-state index < -0.39 is 0 Å². The van der Waals surface area contributed by atoms with Gasteiger partial charge in [-0.2, -0.15) is 15.5 Å². The zero-order valence-electron chi connectivity index (χ0n) is 12.1. The minimum Gasteiger partial charge on any atom is -0.373 e. The summed E-state index contributed by atoms with van der Waals surface area (Å²) in [6.07, 6.45) is 4.87. The van der Waals surface area contributed by atoms with E-state index in [0.717, 1.165) is 30.8 Å². The van der Waals surface area contributed by atoms with Crippen molar-refractivity contribution in [2.45, 2.75) is 19.4 Å². The molecule has 3 heterocycles. The van der Waals surface area contributed by atoms with E-state index in [1.54, 1.807) is 4.68 Å². The second-order valence-corrected chi connectivity index (χ2v) is 5.35. The lowest BCUT2D eigenvalue weighted by atomic mass is 9.97. The molecule has 0 saturated carbocycles. The molecule has 2 aromatic rings. The molecular weight excluding hydrogens is 268 g/mol. The molecule has 0 spiro atoms. The van der Waals surface area contributed by atoms with Gasteiger partial charge in [0, 0.05) is 37.9 Å². The summed E-state index contributed by atoms with van der Waals surface area (Å²) in [5.41, 5.74) is 2.46. The molecule has 2 aromatic heterocycles. The van der Waals surface area contributed by atoms with E-state index in [1.165, 1.54) is 0 Å². The number of hydrogen-bond acceptors (Lipinski definition) is 5. The van der Waals surface area contributed by atoms with Crippen molar-refractivity contribution in [3.05, 3.63) is 29.2 Å². The van der Waals surface area contributed by atoms with E-state index in [1.807, 2.05) is 26.4 Å². The van der Waals surface area contributed by atoms with Gasteiger partial charge in [0.05, 0.1) is 18.0 Å². The summed E-state index contributed by atoms with van der Waals surface area (Å²) in [4.78, 5) is 0. The van der Waals surface area contributed by atoms with Gasteiger partial charge in [0.15, 0.2) is 5.82 Å². The van der Waals surface area contributed by atoms with Crippen LogP contribution in [0, 0.1) is 24.2 Å². The molecule has 0 radical (unpaired) electrons. The van der Waals surface area contributed by atoms with Gasteiger partial charge in [-0.15, -0.1) is 0 Å². The van der Waals surface area contributed by atoms with Crippen molar-refractivity contribution >= 4 is 5.82 Å². The molecule has 0 unspecified atom stereocenters. The number of H-pyrrole nitrogens is 1. The lowest BCUT2D eigenvalue weighted by Crippen LogP contribution is -2.18. The summed E-state index contributed by atoms with van der Waals surface area (Å²) in [7, 11) is 1.90. The Bertz CT molecular complexity index is 667. The van der Waals surface area contributed by atoms with E-state index in [2.05, 4.69) is 26.7 Å². The number of hydrogen-bond donors (Lipinski definition) is 2. The van der Waals surface area contributed by atoms with Crippen molar-refractivity contribution in [2.24, 2.45) is 13.0 Å². The number of rotatable bonds is 4. The monoisotopic (exact) mass is 286 g/mol. The molecule has 0 aliphatic carbocycles. The van der Waals surface area contributed by atoms with Gasteiger partial charge < -0.3 is 10.1 Å². The fraction of sp³-hybridized carbons (Fsp3) is 0.500. The molecular formula is C14H18N6O. The number of aromatic nitrogens is 4. The maximum absolute atomic E-state index is 9.13. The van der Waals surface area contributed by atoms with Crippen LogP contribution in [-0.4, -0.2) is 33.1 Å². The normalized spacial score (nSPS) is 21.4. The van der Waals surface area contributed by atoms with E-state index in [-0.39, 0.29) is 6.10 Å². The molecule has 1 saturated heterocycles. The third-order valence-corrected chi connectivity index (χ3v) is 3.86. The van der Waals surface area contributed by atoms with Crippen LogP contribution in [0.25, 0.3) is 0 Å². The van der Waals surface area contributed by atoms with E-state index in [9.17, 15) is 0 Å². The third-order valence-electron chi connectivity index (χ3n) is 3.86. The van der Waals surface area contributed by atoms with Gasteiger partial charge >= 0.3 is 0 Å². The molecule has 0 amide bonds. The lowest BCUT2D eigenvalue weighted by Gasteiger charge is -2.17. The molecule has 3 rings (SSSR count). The number of aromatic amines is 1. The Morgan fingerprint density at radius 3 is 3.19 bits per heavy atom. The third kappa shape index (κ3) is 2.62. The number of ether oxygens (including phenoxy) is 1. The summed E-state index contributed by atoms with van der Waals surface area (Å²) >= 11 is 0. The second-order valence-electron chi connectivity index (χ2n) is 5.35. The Hall–Kier alpha value is -2.33. The summed E-state index contributed by atoms with van der Waals surface area (Å²) in [6, 6.07) is 2.16. The highest BCUT2D eigenvalue weighted by molar-refractivity contribution is 5.53. The Balaban J connectivity index is 1.68. The number of anilines is 1. The van der Waals surface area contributed by atoms with E-state index >= 15 is 0 Å². The minimum absolute atomic E-state index is 0.0526. The average molecular weight is 286 g/mol. The summed E-state index contributed by atoms with van der Waals surface area (Å²) in [5, 5.41) is 23.6. The highest BCUT2D eigenvalue weighted by atomic mass is 16.5. The summed E-state index contributed by atoms with van der Waals surface area (Å²) in [6.45, 7) is 3.31. The number of aryl methyl sites for hydroxylation is 2. The molecule has 21 heavy (non-hydrogen) atoms. The van der Waals surface area contributed by atoms with Crippen LogP contribution in [0.15, 0.2) is 12.4 Å². The van der Waals surface area contributed by atoms with Crippen LogP contribution in [0.5, 0.6) is 0 Å². The molecule has 1 fully saturated rings. The second kappa shape index (κ2) is 5.58. The average Bonchev–Trinajstić information content (AvgIpc) is 3.16. The first-order valence-electron chi connectivity index (χ1n) is 6.98. The van der Waals surface area contributed by atoms with E-state index in [4.69, 9.17) is 10.00 Å². The van der Waals surface area contributed by atoms with Crippen molar-refractivity contribution < 1.29 is 4.74 Å². The molecule has 0 aromatic carbocycles. The van der Waals surface area contributed by atoms with Gasteiger partial charge in [-0.3, -0.25) is 9.78 Å². The van der Waals surface area contributed by atoms with Gasteiger partial charge in [-0.1, -0.05) is 0 Å². The Morgan fingerprint density at radius 1 is 1.62 bits per heavy atom. The van der Waals surface area contributed by atoms with Gasteiger partial charge in [0.1, 0.15) is 11.6 Å². The van der Waals surface area contributed by atoms with Crippen molar-refractivity contribution in [1.29, 1.82) is 5.26 Å². The maximum atomic E-state index is 9.13. The number of nitriles is 1. The van der Waals surface area contributed by atoms with Crippen LogP contribution in [0.3, 0.4) is 0 Å². The van der Waals surface area contributed by atoms with Crippen LogP contribution in [-0.2, 0) is 11.8 Å². The van der Waals surface area contributed by atoms with Gasteiger partial charge in [-0.05, 0) is 13.3 Å². The molecule has 1 aliphatic heterocycles. The minimum atomic E-state index is 0.0526. The van der Waals surface area contributed by atoms with Crippen LogP contribution < -0.4 is 5.32 Å². The predicted molar refractivity (Wildman–Crippen MR) is 76.5 cm³/mol. The molecule has 0 bridgehead atoms. The maximum Gasteiger partial charge on any atom is 0.166 e. The smallest absolute Gasteiger partial charge is 0.166 e. The molecule has 110 valence electrons. The van der Waals surface area contributed by atoms with Gasteiger partial charge in [-0.25, -0.2) is 0 Å². The predicted octanol–water partition coefficient (Wildman–Crippen LogP) is 1.51. The largest absolute Gasteiger partial charge is 0.373 e. The van der Waals surface area contributed by atoms with Gasteiger partial charge in [0.2, 0.25) is 0 Å². The van der Waals surface area contributed by atoms with Crippen molar-refractivity contribution in [1.82, 2.24) is 20.0 Å². The van der Waals surface area contributed by atoms with Crippen molar-refractivity contribution in [3.8, 4) is 6.07 Å². The standard InChI is InChI=1S/C14H18N6O/c1-9-12(5-15)14(19-18-9)16-6-10-3-4-21-13(10)11-7-17-20(2)8-11/h7-8,10,13H,3-4,6H2,1-2H3,(H2,16,18,19)/t10-,13+/m1/s1. The highest BCUT2D eigenvalue weighted by Gasteiger charge is 2.30. The summed E-state index contributed by atoms with van der Waals surface area (Å²) in [5.74, 6) is 0.963. The van der Waals surface area contributed by atoms with E-state index in [0.29, 0.717) is 17.3 Å². The number of nitrogens with zero attached hydrogens (tertiary/aromatic N) is 4. The van der Waals surface area contributed by atoms with Gasteiger partial charge in [0.25, 0.3) is 0 Å². The SMILES string of the molecule is Cc1[nH]nc(NC[C@H]2CCO[C@@H]2c2cnn(C)c2)c1C#N. The zero-order valence-corrected chi connectivity index (χ0v) is 12.1. The Kier molecular flexibility index (Phi) is 3.62.